The lowest BCUT2D eigenvalue weighted by Gasteiger charge is -2.19. The number of carboxylic acids is 1. The SMILES string of the molecule is CC(C)(C)OC(=O)Nc1cc(C(S)c2ccsc2C(=O)O)ccn1. The number of anilines is 1. The smallest absolute Gasteiger partial charge is 0.413 e. The fourth-order valence-corrected chi connectivity index (χ4v) is 3.22. The van der Waals surface area contributed by atoms with Crippen molar-refractivity contribution >= 4 is 41.8 Å². The van der Waals surface area contributed by atoms with Crippen molar-refractivity contribution < 1.29 is 19.4 Å². The molecule has 128 valence electrons. The topological polar surface area (TPSA) is 88.5 Å². The second-order valence-corrected chi connectivity index (χ2v) is 7.45. The fraction of sp³-hybridized carbons (Fsp3) is 0.312. The van der Waals surface area contributed by atoms with Crippen molar-refractivity contribution in [3.05, 3.63) is 45.8 Å². The van der Waals surface area contributed by atoms with Gasteiger partial charge in [0.1, 0.15) is 16.3 Å². The molecule has 2 heterocycles. The molecule has 2 aromatic heterocycles. The van der Waals surface area contributed by atoms with E-state index in [1.54, 1.807) is 44.4 Å². The summed E-state index contributed by atoms with van der Waals surface area (Å²) in [5, 5.41) is 13.1. The minimum Gasteiger partial charge on any atom is -0.477 e. The predicted molar refractivity (Wildman–Crippen MR) is 96.2 cm³/mol. The van der Waals surface area contributed by atoms with Gasteiger partial charge in [0.15, 0.2) is 0 Å². The normalized spacial score (nSPS) is 12.5. The Bertz CT molecular complexity index is 753. The minimum atomic E-state index is -0.986. The number of carboxylic acid groups (broad SMARTS) is 1. The summed E-state index contributed by atoms with van der Waals surface area (Å²) in [4.78, 5) is 27.4. The van der Waals surface area contributed by atoms with Crippen LogP contribution in [0.2, 0.25) is 0 Å². The molecule has 0 aromatic carbocycles. The van der Waals surface area contributed by atoms with Gasteiger partial charge in [0, 0.05) is 6.20 Å². The van der Waals surface area contributed by atoms with Gasteiger partial charge in [-0.25, -0.2) is 14.6 Å². The Morgan fingerprint density at radius 2 is 2.08 bits per heavy atom. The number of hydrogen-bond acceptors (Lipinski definition) is 6. The number of rotatable bonds is 4. The highest BCUT2D eigenvalue weighted by Gasteiger charge is 2.20. The highest BCUT2D eigenvalue weighted by molar-refractivity contribution is 7.80. The third-order valence-corrected chi connectivity index (χ3v) is 4.41. The first-order chi connectivity index (χ1) is 11.2. The molecule has 8 heteroatoms. The molecular formula is C16H18N2O4S2. The number of amides is 1. The third kappa shape index (κ3) is 4.72. The summed E-state index contributed by atoms with van der Waals surface area (Å²) < 4.78 is 5.18. The van der Waals surface area contributed by atoms with Gasteiger partial charge in [0.05, 0.1) is 5.25 Å². The molecular weight excluding hydrogens is 348 g/mol. The molecule has 0 radical (unpaired) electrons. The number of aromatic carboxylic acids is 1. The third-order valence-electron chi connectivity index (χ3n) is 2.91. The zero-order chi connectivity index (χ0) is 17.9. The van der Waals surface area contributed by atoms with Crippen LogP contribution in [0.25, 0.3) is 0 Å². The Labute approximate surface area is 149 Å². The van der Waals surface area contributed by atoms with Crippen molar-refractivity contribution in [2.45, 2.75) is 31.6 Å². The number of pyridine rings is 1. The number of thiol groups is 1. The molecule has 0 bridgehead atoms. The van der Waals surface area contributed by atoms with E-state index < -0.39 is 22.9 Å². The lowest BCUT2D eigenvalue weighted by Crippen LogP contribution is -2.27. The van der Waals surface area contributed by atoms with Gasteiger partial charge in [-0.05, 0) is 55.5 Å². The van der Waals surface area contributed by atoms with Crippen molar-refractivity contribution in [1.29, 1.82) is 0 Å². The Morgan fingerprint density at radius 1 is 1.38 bits per heavy atom. The molecule has 0 fully saturated rings. The van der Waals surface area contributed by atoms with Crippen LogP contribution < -0.4 is 5.32 Å². The van der Waals surface area contributed by atoms with Gasteiger partial charge in [0.2, 0.25) is 0 Å². The van der Waals surface area contributed by atoms with E-state index in [9.17, 15) is 14.7 Å². The summed E-state index contributed by atoms with van der Waals surface area (Å²) in [6.07, 6.45) is 0.919. The molecule has 0 saturated heterocycles. The van der Waals surface area contributed by atoms with Crippen LogP contribution in [0, 0.1) is 0 Å². The van der Waals surface area contributed by atoms with Gasteiger partial charge in [-0.2, -0.15) is 12.6 Å². The molecule has 0 spiro atoms. The second-order valence-electron chi connectivity index (χ2n) is 6.01. The number of nitrogens with one attached hydrogen (secondary N) is 1. The van der Waals surface area contributed by atoms with Crippen LogP contribution in [0.4, 0.5) is 10.6 Å². The maximum absolute atomic E-state index is 11.8. The maximum atomic E-state index is 11.8. The van der Waals surface area contributed by atoms with Crippen LogP contribution >= 0.6 is 24.0 Å². The van der Waals surface area contributed by atoms with Gasteiger partial charge in [-0.3, -0.25) is 5.32 Å². The van der Waals surface area contributed by atoms with Crippen LogP contribution in [0.1, 0.15) is 46.8 Å². The molecule has 1 atom stereocenters. The highest BCUT2D eigenvalue weighted by atomic mass is 32.1. The van der Waals surface area contributed by atoms with E-state index in [0.717, 1.165) is 16.9 Å². The molecule has 0 aliphatic heterocycles. The summed E-state index contributed by atoms with van der Waals surface area (Å²) in [7, 11) is 0. The van der Waals surface area contributed by atoms with Crippen LogP contribution in [-0.4, -0.2) is 27.8 Å². The van der Waals surface area contributed by atoms with Gasteiger partial charge >= 0.3 is 12.1 Å². The average molecular weight is 366 g/mol. The molecule has 0 aliphatic rings. The number of ether oxygens (including phenoxy) is 1. The van der Waals surface area contributed by atoms with Crippen molar-refractivity contribution in [3.8, 4) is 0 Å². The first-order valence-electron chi connectivity index (χ1n) is 7.12. The van der Waals surface area contributed by atoms with E-state index in [2.05, 4.69) is 22.9 Å². The minimum absolute atomic E-state index is 0.244. The van der Waals surface area contributed by atoms with Crippen LogP contribution in [0.5, 0.6) is 0 Å². The van der Waals surface area contributed by atoms with Gasteiger partial charge in [-0.1, -0.05) is 0 Å². The van der Waals surface area contributed by atoms with Crippen molar-refractivity contribution in [3.63, 3.8) is 0 Å². The van der Waals surface area contributed by atoms with Gasteiger partial charge in [-0.15, -0.1) is 11.3 Å². The summed E-state index contributed by atoms with van der Waals surface area (Å²) in [5.74, 6) is -0.673. The molecule has 0 aliphatic carbocycles. The number of hydrogen-bond donors (Lipinski definition) is 3. The summed E-state index contributed by atoms with van der Waals surface area (Å²) in [5.41, 5.74) is 0.714. The van der Waals surface area contributed by atoms with E-state index in [4.69, 9.17) is 4.74 Å². The first kappa shape index (κ1) is 18.3. The lowest BCUT2D eigenvalue weighted by atomic mass is 10.1. The van der Waals surface area contributed by atoms with E-state index in [0.29, 0.717) is 11.4 Å². The molecule has 1 unspecified atom stereocenters. The quantitative estimate of drug-likeness (QED) is 0.706. The van der Waals surface area contributed by atoms with E-state index >= 15 is 0 Å². The molecule has 24 heavy (non-hydrogen) atoms. The predicted octanol–water partition coefficient (Wildman–Crippen LogP) is 4.21. The number of thiophene rings is 1. The Kier molecular flexibility index (Phi) is 5.51. The number of aromatic nitrogens is 1. The Morgan fingerprint density at radius 3 is 2.71 bits per heavy atom. The molecule has 2 rings (SSSR count). The Balaban J connectivity index is 2.19. The zero-order valence-electron chi connectivity index (χ0n) is 13.4. The first-order valence-corrected chi connectivity index (χ1v) is 8.51. The standard InChI is InChI=1S/C16H18N2O4S2/c1-16(2,3)22-15(21)18-11-8-9(4-6-17-11)12(23)10-5-7-24-13(10)14(19)20/h4-8,12,23H,1-3H3,(H,19,20)(H,17,18,21). The molecule has 0 saturated carbocycles. The number of carbonyl (C=O) groups excluding carboxylic acids is 1. The zero-order valence-corrected chi connectivity index (χ0v) is 15.1. The monoisotopic (exact) mass is 366 g/mol. The van der Waals surface area contributed by atoms with Crippen molar-refractivity contribution in [2.75, 3.05) is 5.32 Å². The van der Waals surface area contributed by atoms with Crippen LogP contribution in [0.15, 0.2) is 29.8 Å². The van der Waals surface area contributed by atoms with Gasteiger partial charge < -0.3 is 9.84 Å². The van der Waals surface area contributed by atoms with Gasteiger partial charge in [0.25, 0.3) is 0 Å². The van der Waals surface area contributed by atoms with Crippen LogP contribution in [0.3, 0.4) is 0 Å². The van der Waals surface area contributed by atoms with Crippen molar-refractivity contribution in [2.24, 2.45) is 0 Å². The highest BCUT2D eigenvalue weighted by Crippen LogP contribution is 2.34. The summed E-state index contributed by atoms with van der Waals surface area (Å²) in [6.45, 7) is 5.30. The van der Waals surface area contributed by atoms with E-state index in [-0.39, 0.29) is 4.88 Å². The molecule has 2 N–H and O–H groups in total. The number of carbonyl (C=O) groups is 2. The Hall–Kier alpha value is -2.06. The summed E-state index contributed by atoms with van der Waals surface area (Å²) >= 11 is 5.67. The van der Waals surface area contributed by atoms with E-state index in [1.807, 2.05) is 0 Å². The molecule has 2 aromatic rings. The van der Waals surface area contributed by atoms with Crippen molar-refractivity contribution in [1.82, 2.24) is 4.98 Å². The number of nitrogens with zero attached hydrogens (tertiary/aromatic N) is 1. The fourth-order valence-electron chi connectivity index (χ4n) is 1.98. The summed E-state index contributed by atoms with van der Waals surface area (Å²) in [6, 6.07) is 5.10. The maximum Gasteiger partial charge on any atom is 0.413 e. The molecule has 1 amide bonds. The van der Waals surface area contributed by atoms with Crippen LogP contribution in [-0.2, 0) is 4.74 Å². The average Bonchev–Trinajstić information content (AvgIpc) is 2.94. The second kappa shape index (κ2) is 7.23. The van der Waals surface area contributed by atoms with E-state index in [1.165, 1.54) is 6.20 Å². The largest absolute Gasteiger partial charge is 0.477 e. The molecule has 6 nitrogen and oxygen atoms in total. The lowest BCUT2D eigenvalue weighted by molar-refractivity contribution is 0.0633.